The van der Waals surface area contributed by atoms with Gasteiger partial charge in [-0.05, 0) is 23.8 Å². The molecule has 0 aliphatic carbocycles. The van der Waals surface area contributed by atoms with E-state index in [1.165, 1.54) is 0 Å². The van der Waals surface area contributed by atoms with Gasteiger partial charge in [0, 0.05) is 5.02 Å². The van der Waals surface area contributed by atoms with Crippen LogP contribution in [0.15, 0.2) is 18.2 Å². The fraction of sp³-hybridized carbons (Fsp3) is 0.333. The molecule has 1 aromatic carbocycles. The van der Waals surface area contributed by atoms with Crippen LogP contribution in [0.25, 0.3) is 0 Å². The van der Waals surface area contributed by atoms with E-state index in [1.807, 2.05) is 0 Å². The summed E-state index contributed by atoms with van der Waals surface area (Å²) < 4.78 is 74.6. The zero-order valence-corrected chi connectivity index (χ0v) is 10.0. The van der Waals surface area contributed by atoms with Crippen molar-refractivity contribution < 1.29 is 26.3 Å². The number of rotatable bonds is 2. The lowest BCUT2D eigenvalue weighted by Gasteiger charge is -2.26. The Morgan fingerprint density at radius 3 is 2.06 bits per heavy atom. The third-order valence-corrected chi connectivity index (χ3v) is 2.41. The Morgan fingerprint density at radius 2 is 1.61 bits per heavy atom. The summed E-state index contributed by atoms with van der Waals surface area (Å²) in [6.45, 7) is 0. The highest BCUT2D eigenvalue weighted by Crippen LogP contribution is 2.44. The Balaban J connectivity index is 0.00000289. The molecule has 2 N–H and O–H groups in total. The first-order valence-corrected chi connectivity index (χ1v) is 4.60. The standard InChI is InChI=1S/C9H6ClF6N.ClH/c10-6-2-1-4(11)3-5(6)7(17)8(12,13)9(14,15)16;/h1-3,7H,17H2;1H/t7-;/m1./s1. The monoisotopic (exact) mass is 313 g/mol. The molecule has 0 aromatic heterocycles. The third kappa shape index (κ3) is 3.21. The van der Waals surface area contributed by atoms with Gasteiger partial charge in [-0.25, -0.2) is 4.39 Å². The van der Waals surface area contributed by atoms with E-state index in [0.29, 0.717) is 6.07 Å². The summed E-state index contributed by atoms with van der Waals surface area (Å²) >= 11 is 5.40. The lowest BCUT2D eigenvalue weighted by atomic mass is 10.0. The van der Waals surface area contributed by atoms with Crippen LogP contribution in [-0.2, 0) is 0 Å². The van der Waals surface area contributed by atoms with Crippen LogP contribution in [0.1, 0.15) is 11.6 Å². The number of hydrogen-bond donors (Lipinski definition) is 1. The van der Waals surface area contributed by atoms with E-state index < -0.39 is 34.5 Å². The molecule has 0 aliphatic rings. The first kappa shape index (κ1) is 17.3. The molecule has 18 heavy (non-hydrogen) atoms. The van der Waals surface area contributed by atoms with Crippen LogP contribution in [0.5, 0.6) is 0 Å². The molecular formula is C9H7Cl2F6N. The lowest BCUT2D eigenvalue weighted by molar-refractivity contribution is -0.291. The van der Waals surface area contributed by atoms with Crippen molar-refractivity contribution in [2.24, 2.45) is 5.73 Å². The normalized spacial score (nSPS) is 14.0. The van der Waals surface area contributed by atoms with E-state index in [0.717, 1.165) is 12.1 Å². The summed E-state index contributed by atoms with van der Waals surface area (Å²) in [6, 6.07) is -0.624. The summed E-state index contributed by atoms with van der Waals surface area (Å²) in [6.07, 6.45) is -5.83. The summed E-state index contributed by atoms with van der Waals surface area (Å²) in [5.74, 6) is -6.19. The van der Waals surface area contributed by atoms with Crippen LogP contribution >= 0.6 is 24.0 Å². The first-order valence-electron chi connectivity index (χ1n) is 4.22. The molecule has 0 fully saturated rings. The van der Waals surface area contributed by atoms with Crippen LogP contribution in [0.3, 0.4) is 0 Å². The maximum atomic E-state index is 12.9. The number of alkyl halides is 5. The Bertz CT molecular complexity index is 420. The van der Waals surface area contributed by atoms with Crippen LogP contribution in [0.2, 0.25) is 5.02 Å². The molecule has 9 heteroatoms. The molecule has 1 aromatic rings. The van der Waals surface area contributed by atoms with Gasteiger partial charge in [-0.1, -0.05) is 11.6 Å². The first-order chi connectivity index (χ1) is 7.57. The molecule has 104 valence electrons. The Kier molecular flexibility index (Phi) is 5.34. The van der Waals surface area contributed by atoms with Crippen molar-refractivity contribution in [1.82, 2.24) is 0 Å². The van der Waals surface area contributed by atoms with Crippen molar-refractivity contribution in [1.29, 1.82) is 0 Å². The van der Waals surface area contributed by atoms with Crippen molar-refractivity contribution in [3.05, 3.63) is 34.6 Å². The zero-order valence-electron chi connectivity index (χ0n) is 8.44. The molecule has 0 saturated heterocycles. The van der Waals surface area contributed by atoms with Crippen LogP contribution in [0, 0.1) is 5.82 Å². The van der Waals surface area contributed by atoms with Gasteiger partial charge in [0.2, 0.25) is 0 Å². The second-order valence-electron chi connectivity index (χ2n) is 3.26. The van der Waals surface area contributed by atoms with Gasteiger partial charge >= 0.3 is 12.1 Å². The highest BCUT2D eigenvalue weighted by molar-refractivity contribution is 6.31. The number of benzene rings is 1. The van der Waals surface area contributed by atoms with Gasteiger partial charge in [0.1, 0.15) is 11.9 Å². The molecule has 0 aliphatic heterocycles. The van der Waals surface area contributed by atoms with Crippen molar-refractivity contribution in [3.63, 3.8) is 0 Å². The molecule has 0 bridgehead atoms. The van der Waals surface area contributed by atoms with E-state index >= 15 is 0 Å². The van der Waals surface area contributed by atoms with Gasteiger partial charge in [-0.2, -0.15) is 22.0 Å². The van der Waals surface area contributed by atoms with Gasteiger partial charge in [0.25, 0.3) is 0 Å². The van der Waals surface area contributed by atoms with Gasteiger partial charge < -0.3 is 5.73 Å². The van der Waals surface area contributed by atoms with Crippen LogP contribution in [0.4, 0.5) is 26.3 Å². The SMILES string of the molecule is Cl.N[C@H](c1cc(F)ccc1Cl)C(F)(F)C(F)(F)F. The largest absolute Gasteiger partial charge is 0.455 e. The van der Waals surface area contributed by atoms with E-state index in [2.05, 4.69) is 0 Å². The Morgan fingerprint density at radius 1 is 1.11 bits per heavy atom. The van der Waals surface area contributed by atoms with E-state index in [9.17, 15) is 26.3 Å². The van der Waals surface area contributed by atoms with Gasteiger partial charge in [-0.15, -0.1) is 12.4 Å². The minimum absolute atomic E-state index is 0. The molecular weight excluding hydrogens is 307 g/mol. The molecule has 0 radical (unpaired) electrons. The Hall–Kier alpha value is -0.660. The number of halogens is 8. The van der Waals surface area contributed by atoms with Crippen molar-refractivity contribution >= 4 is 24.0 Å². The quantitative estimate of drug-likeness (QED) is 0.817. The highest BCUT2D eigenvalue weighted by Gasteiger charge is 2.62. The maximum absolute atomic E-state index is 12.9. The van der Waals surface area contributed by atoms with Crippen molar-refractivity contribution in [2.45, 2.75) is 18.1 Å². The highest BCUT2D eigenvalue weighted by atomic mass is 35.5. The predicted molar refractivity (Wildman–Crippen MR) is 56.6 cm³/mol. The smallest absolute Gasteiger partial charge is 0.319 e. The number of hydrogen-bond acceptors (Lipinski definition) is 1. The fourth-order valence-electron chi connectivity index (χ4n) is 1.12. The van der Waals surface area contributed by atoms with E-state index in [4.69, 9.17) is 17.3 Å². The minimum Gasteiger partial charge on any atom is -0.319 e. The Labute approximate surface area is 109 Å². The van der Waals surface area contributed by atoms with Crippen LogP contribution < -0.4 is 5.73 Å². The fourth-order valence-corrected chi connectivity index (χ4v) is 1.36. The lowest BCUT2D eigenvalue weighted by Crippen LogP contribution is -2.46. The average Bonchev–Trinajstić information content (AvgIpc) is 2.19. The average molecular weight is 314 g/mol. The van der Waals surface area contributed by atoms with Crippen molar-refractivity contribution in [3.8, 4) is 0 Å². The molecule has 0 amide bonds. The van der Waals surface area contributed by atoms with Crippen molar-refractivity contribution in [2.75, 3.05) is 0 Å². The second-order valence-corrected chi connectivity index (χ2v) is 3.67. The summed E-state index contributed by atoms with van der Waals surface area (Å²) in [7, 11) is 0. The summed E-state index contributed by atoms with van der Waals surface area (Å²) in [5, 5.41) is -0.456. The minimum atomic E-state index is -5.83. The second kappa shape index (κ2) is 5.54. The van der Waals surface area contributed by atoms with Gasteiger partial charge in [0.05, 0.1) is 0 Å². The molecule has 0 unspecified atom stereocenters. The van der Waals surface area contributed by atoms with E-state index in [-0.39, 0.29) is 12.4 Å². The molecule has 1 rings (SSSR count). The topological polar surface area (TPSA) is 26.0 Å². The molecule has 1 nitrogen and oxygen atoms in total. The number of nitrogens with two attached hydrogens (primary N) is 1. The molecule has 0 saturated carbocycles. The third-order valence-electron chi connectivity index (χ3n) is 2.06. The van der Waals surface area contributed by atoms with Gasteiger partial charge in [-0.3, -0.25) is 0 Å². The predicted octanol–water partition coefficient (Wildman–Crippen LogP) is 4.10. The molecule has 1 atom stereocenters. The van der Waals surface area contributed by atoms with Gasteiger partial charge in [0.15, 0.2) is 0 Å². The van der Waals surface area contributed by atoms with E-state index in [1.54, 1.807) is 0 Å². The summed E-state index contributed by atoms with van der Waals surface area (Å²) in [4.78, 5) is 0. The summed E-state index contributed by atoms with van der Waals surface area (Å²) in [5.41, 5.74) is 4.01. The molecule has 0 spiro atoms. The molecule has 0 heterocycles. The maximum Gasteiger partial charge on any atom is 0.455 e. The zero-order chi connectivity index (χ0) is 13.4. The van der Waals surface area contributed by atoms with Crippen LogP contribution in [-0.4, -0.2) is 12.1 Å².